The number of nitrogens with zero attached hydrogens (tertiary/aromatic N) is 3. The maximum Gasteiger partial charge on any atom is 0.231 e. The van der Waals surface area contributed by atoms with Crippen LogP contribution in [0.25, 0.3) is 0 Å². The molecule has 1 saturated heterocycles. The summed E-state index contributed by atoms with van der Waals surface area (Å²) in [6.45, 7) is 1.81. The molecular formula is C12H13N3O3. The Labute approximate surface area is 104 Å². The number of hydrogen-bond donors (Lipinski definition) is 0. The van der Waals surface area contributed by atoms with Gasteiger partial charge in [0.15, 0.2) is 0 Å². The van der Waals surface area contributed by atoms with Crippen molar-refractivity contribution in [3.05, 3.63) is 34.7 Å². The van der Waals surface area contributed by atoms with Gasteiger partial charge in [-0.2, -0.15) is 0 Å². The van der Waals surface area contributed by atoms with Gasteiger partial charge in [-0.25, -0.2) is 5.01 Å². The van der Waals surface area contributed by atoms with Gasteiger partial charge in [-0.1, -0.05) is 17.7 Å². The van der Waals surface area contributed by atoms with Gasteiger partial charge in [-0.05, 0) is 19.1 Å². The maximum atomic E-state index is 11.5. The van der Waals surface area contributed by atoms with Crippen molar-refractivity contribution in [1.29, 1.82) is 0 Å². The lowest BCUT2D eigenvalue weighted by molar-refractivity contribution is -0.138. The first-order valence-corrected chi connectivity index (χ1v) is 5.62. The summed E-state index contributed by atoms with van der Waals surface area (Å²) in [5, 5.41) is 3.96. The molecule has 0 saturated carbocycles. The van der Waals surface area contributed by atoms with Crippen LogP contribution in [0.4, 0.5) is 5.69 Å². The largest absolute Gasteiger partial charge is 0.274 e. The third-order valence-corrected chi connectivity index (χ3v) is 2.86. The van der Waals surface area contributed by atoms with Crippen LogP contribution in [0, 0.1) is 11.8 Å². The quantitative estimate of drug-likeness (QED) is 0.460. The van der Waals surface area contributed by atoms with Crippen LogP contribution in [0.1, 0.15) is 18.4 Å². The zero-order chi connectivity index (χ0) is 13.1. The number of benzene rings is 1. The molecule has 1 heterocycles. The first-order chi connectivity index (χ1) is 8.61. The molecule has 1 fully saturated rings. The maximum absolute atomic E-state index is 11.5. The van der Waals surface area contributed by atoms with Crippen molar-refractivity contribution in [1.82, 2.24) is 4.90 Å². The molecule has 2 rings (SSSR count). The van der Waals surface area contributed by atoms with Gasteiger partial charge in [0.2, 0.25) is 11.8 Å². The molecule has 1 aromatic rings. The van der Waals surface area contributed by atoms with Crippen molar-refractivity contribution >= 4 is 17.5 Å². The van der Waals surface area contributed by atoms with Crippen LogP contribution < -0.4 is 5.01 Å². The molecular weight excluding hydrogens is 234 g/mol. The third-order valence-electron chi connectivity index (χ3n) is 2.86. The van der Waals surface area contributed by atoms with Gasteiger partial charge in [0.25, 0.3) is 0 Å². The fraction of sp³-hybridized carbons (Fsp3) is 0.333. The van der Waals surface area contributed by atoms with E-state index in [4.69, 9.17) is 0 Å². The first kappa shape index (κ1) is 12.2. The van der Waals surface area contributed by atoms with Gasteiger partial charge in [-0.15, -0.1) is 4.91 Å². The number of hydrogen-bond acceptors (Lipinski definition) is 4. The first-order valence-electron chi connectivity index (χ1n) is 5.62. The van der Waals surface area contributed by atoms with Crippen LogP contribution in [0.3, 0.4) is 0 Å². The van der Waals surface area contributed by atoms with E-state index >= 15 is 0 Å². The van der Waals surface area contributed by atoms with Crippen molar-refractivity contribution in [2.24, 2.45) is 5.29 Å². The second kappa shape index (κ2) is 4.95. The van der Waals surface area contributed by atoms with E-state index in [1.165, 1.54) is 0 Å². The molecule has 0 N–H and O–H groups in total. The number of rotatable bonds is 4. The minimum absolute atomic E-state index is 0.121. The van der Waals surface area contributed by atoms with Crippen LogP contribution in [0.15, 0.2) is 29.6 Å². The van der Waals surface area contributed by atoms with E-state index in [1.54, 1.807) is 12.1 Å². The SMILES string of the molecule is Cc1ccc(N(CN2C(=O)CCC2=O)N=O)cc1. The monoisotopic (exact) mass is 247 g/mol. The molecule has 6 nitrogen and oxygen atoms in total. The number of aryl methyl sites for hydroxylation is 1. The molecule has 0 bridgehead atoms. The molecule has 1 aromatic carbocycles. The Morgan fingerprint density at radius 3 is 2.22 bits per heavy atom. The van der Waals surface area contributed by atoms with E-state index in [1.807, 2.05) is 19.1 Å². The Balaban J connectivity index is 2.14. The average molecular weight is 247 g/mol. The summed E-state index contributed by atoms with van der Waals surface area (Å²) in [6.07, 6.45) is 0.416. The Bertz CT molecular complexity index is 468. The normalized spacial score (nSPS) is 15.1. The van der Waals surface area contributed by atoms with E-state index in [0.29, 0.717) is 5.69 Å². The molecule has 0 radical (unpaired) electrons. The number of nitroso groups, excluding NO2 is 1. The molecule has 6 heteroatoms. The van der Waals surface area contributed by atoms with Crippen LogP contribution in [0.2, 0.25) is 0 Å². The average Bonchev–Trinajstić information content (AvgIpc) is 2.68. The lowest BCUT2D eigenvalue weighted by atomic mass is 10.2. The third kappa shape index (κ3) is 2.37. The smallest absolute Gasteiger partial charge is 0.231 e. The Morgan fingerprint density at radius 1 is 1.17 bits per heavy atom. The number of carbonyl (C=O) groups is 2. The van der Waals surface area contributed by atoms with E-state index in [-0.39, 0.29) is 31.3 Å². The standard InChI is InChI=1S/C12H13N3O3/c1-9-2-4-10(5-3-9)15(13-18)8-14-11(16)6-7-12(14)17/h2-5H,6-8H2,1H3. The molecule has 1 aliphatic rings. The van der Waals surface area contributed by atoms with Crippen molar-refractivity contribution in [3.63, 3.8) is 0 Å². The summed E-state index contributed by atoms with van der Waals surface area (Å²) < 4.78 is 0. The van der Waals surface area contributed by atoms with Crippen molar-refractivity contribution < 1.29 is 9.59 Å². The van der Waals surface area contributed by atoms with Gasteiger partial charge in [0.05, 0.1) is 11.0 Å². The molecule has 0 aromatic heterocycles. The molecule has 0 unspecified atom stereocenters. The summed E-state index contributed by atoms with van der Waals surface area (Å²) in [5.74, 6) is -0.526. The van der Waals surface area contributed by atoms with E-state index < -0.39 is 0 Å². The highest BCUT2D eigenvalue weighted by Gasteiger charge is 2.30. The molecule has 0 atom stereocenters. The van der Waals surface area contributed by atoms with Crippen molar-refractivity contribution in [2.45, 2.75) is 19.8 Å². The highest BCUT2D eigenvalue weighted by atomic mass is 16.3. The number of imide groups is 1. The number of anilines is 1. The Kier molecular flexibility index (Phi) is 3.36. The molecule has 18 heavy (non-hydrogen) atoms. The fourth-order valence-corrected chi connectivity index (χ4v) is 1.79. The van der Waals surface area contributed by atoms with Gasteiger partial charge in [0, 0.05) is 12.8 Å². The minimum atomic E-state index is -0.263. The summed E-state index contributed by atoms with van der Waals surface area (Å²) in [4.78, 5) is 34.8. The Morgan fingerprint density at radius 2 is 1.72 bits per heavy atom. The van der Waals surface area contributed by atoms with Gasteiger partial charge in [-0.3, -0.25) is 14.5 Å². The van der Waals surface area contributed by atoms with Crippen LogP contribution in [-0.4, -0.2) is 23.4 Å². The highest BCUT2D eigenvalue weighted by Crippen LogP contribution is 2.19. The summed E-state index contributed by atoms with van der Waals surface area (Å²) in [6, 6.07) is 7.12. The fourth-order valence-electron chi connectivity index (χ4n) is 1.79. The topological polar surface area (TPSA) is 70.1 Å². The van der Waals surface area contributed by atoms with Gasteiger partial charge in [0.1, 0.15) is 6.67 Å². The molecule has 0 spiro atoms. The summed E-state index contributed by atoms with van der Waals surface area (Å²) in [7, 11) is 0. The second-order valence-electron chi connectivity index (χ2n) is 4.17. The van der Waals surface area contributed by atoms with Crippen LogP contribution in [-0.2, 0) is 9.59 Å². The highest BCUT2D eigenvalue weighted by molar-refractivity contribution is 6.02. The zero-order valence-electron chi connectivity index (χ0n) is 10.00. The molecule has 94 valence electrons. The van der Waals surface area contributed by atoms with Crippen LogP contribution >= 0.6 is 0 Å². The lowest BCUT2D eigenvalue weighted by Gasteiger charge is -2.21. The van der Waals surface area contributed by atoms with Crippen molar-refractivity contribution in [2.75, 3.05) is 11.7 Å². The zero-order valence-corrected chi connectivity index (χ0v) is 10.00. The Hall–Kier alpha value is -2.24. The lowest BCUT2D eigenvalue weighted by Crippen LogP contribution is -2.38. The van der Waals surface area contributed by atoms with Gasteiger partial charge >= 0.3 is 0 Å². The van der Waals surface area contributed by atoms with E-state index in [0.717, 1.165) is 15.5 Å². The number of carbonyl (C=O) groups excluding carboxylic acids is 2. The molecule has 0 aliphatic carbocycles. The van der Waals surface area contributed by atoms with E-state index in [2.05, 4.69) is 5.29 Å². The number of amides is 2. The summed E-state index contributed by atoms with van der Waals surface area (Å²) >= 11 is 0. The van der Waals surface area contributed by atoms with Gasteiger partial charge < -0.3 is 0 Å². The van der Waals surface area contributed by atoms with Crippen molar-refractivity contribution in [3.8, 4) is 0 Å². The predicted octanol–water partition coefficient (Wildman–Crippen LogP) is 1.59. The second-order valence-corrected chi connectivity index (χ2v) is 4.17. The molecule has 2 amide bonds. The predicted molar refractivity (Wildman–Crippen MR) is 65.4 cm³/mol. The molecule has 1 aliphatic heterocycles. The van der Waals surface area contributed by atoms with E-state index in [9.17, 15) is 14.5 Å². The van der Waals surface area contributed by atoms with Crippen LogP contribution in [0.5, 0.6) is 0 Å². The minimum Gasteiger partial charge on any atom is -0.274 e. The number of likely N-dealkylation sites (tertiary alicyclic amines) is 1. The summed E-state index contributed by atoms with van der Waals surface area (Å²) in [5.41, 5.74) is 1.61.